The third-order valence-corrected chi connectivity index (χ3v) is 9.77. The molecule has 248 valence electrons. The number of ether oxygens (including phenoxy) is 2. The topological polar surface area (TPSA) is 23.4 Å². The van der Waals surface area contributed by atoms with Gasteiger partial charge in [0.1, 0.15) is 12.2 Å². The van der Waals surface area contributed by atoms with E-state index in [1.54, 1.807) is 0 Å². The molecule has 3 nitrogen and oxygen atoms in total. The molecule has 0 saturated carbocycles. The first-order chi connectivity index (χ1) is 22.7. The van der Waals surface area contributed by atoms with Gasteiger partial charge in [-0.25, -0.2) is 0 Å². The molecule has 2 atom stereocenters. The van der Waals surface area contributed by atoms with Crippen LogP contribution in [0, 0.1) is 10.8 Å². The van der Waals surface area contributed by atoms with Gasteiger partial charge in [-0.2, -0.15) is 0 Å². The van der Waals surface area contributed by atoms with Gasteiger partial charge in [-0.1, -0.05) is 159 Å². The number of para-hydroxylation sites is 2. The molecule has 0 bridgehead atoms. The predicted octanol–water partition coefficient (Wildman–Crippen LogP) is 13.2. The molecule has 0 aliphatic rings. The van der Waals surface area contributed by atoms with Gasteiger partial charge in [0.2, 0.25) is 0 Å². The molecule has 0 amide bonds. The van der Waals surface area contributed by atoms with E-state index >= 15 is 0 Å². The number of rotatable bonds is 7. The van der Waals surface area contributed by atoms with Crippen LogP contribution >= 0.6 is 15.9 Å². The highest BCUT2D eigenvalue weighted by atomic mass is 79.9. The second-order valence-corrected chi connectivity index (χ2v) is 16.9. The summed E-state index contributed by atoms with van der Waals surface area (Å²) in [7, 11) is 0. The van der Waals surface area contributed by atoms with Crippen molar-refractivity contribution < 1.29 is 9.47 Å². The number of fused-ring (bicyclic) bond motifs is 3. The molecule has 5 aromatic carbocycles. The maximum atomic E-state index is 7.28. The van der Waals surface area contributed by atoms with Gasteiger partial charge >= 0.3 is 0 Å². The van der Waals surface area contributed by atoms with Gasteiger partial charge in [0.15, 0.2) is 11.5 Å². The molecule has 0 aliphatic carbocycles. The Morgan fingerprint density at radius 3 is 1.62 bits per heavy atom. The number of hydrogen-bond acceptors (Lipinski definition) is 2. The molecule has 0 fully saturated rings. The van der Waals surface area contributed by atoms with Crippen molar-refractivity contribution in [1.82, 2.24) is 4.57 Å². The number of halogens is 1. The molecule has 0 spiro atoms. The minimum atomic E-state index is -0.237. The molecule has 6 rings (SSSR count). The zero-order chi connectivity index (χ0) is 34.4. The molecule has 1 heterocycles. The standard InChI is InChI=1S/C44H48BrNO2/c1-42(2,3)33-25-17-19-27-35(33)46-34-26-18-16-24-31(34)32-28-36(47-40(43(4,5)6)29-20-12-10-13-21-29)39(37(45)38(32)46)48-41(44(7,8)9)30-22-14-11-15-23-30/h10-28,40-41H,1-9H3. The van der Waals surface area contributed by atoms with Gasteiger partial charge in [-0.05, 0) is 56.2 Å². The molecule has 0 saturated heterocycles. The van der Waals surface area contributed by atoms with E-state index in [4.69, 9.17) is 9.47 Å². The number of nitrogens with zero attached hydrogens (tertiary/aromatic N) is 1. The lowest BCUT2D eigenvalue weighted by Crippen LogP contribution is -2.26. The van der Waals surface area contributed by atoms with E-state index < -0.39 is 0 Å². The average Bonchev–Trinajstić information content (AvgIpc) is 3.37. The number of hydrogen-bond donors (Lipinski definition) is 0. The first-order valence-corrected chi connectivity index (χ1v) is 17.7. The van der Waals surface area contributed by atoms with Crippen LogP contribution in [0.2, 0.25) is 0 Å². The number of aromatic nitrogens is 1. The third-order valence-electron chi connectivity index (χ3n) is 9.03. The Balaban J connectivity index is 1.69. The summed E-state index contributed by atoms with van der Waals surface area (Å²) in [4.78, 5) is 0. The Morgan fingerprint density at radius 2 is 1.06 bits per heavy atom. The monoisotopic (exact) mass is 701 g/mol. The molecule has 1 aromatic heterocycles. The SMILES string of the molecule is CC(C)(C)c1ccccc1-n1c2ccccc2c2cc(OC(c3ccccc3)C(C)(C)C)c(OC(c3ccccc3)C(C)(C)C)c(Br)c21. The van der Waals surface area contributed by atoms with E-state index in [-0.39, 0.29) is 28.5 Å². The first kappa shape index (κ1) is 33.9. The number of benzene rings is 5. The summed E-state index contributed by atoms with van der Waals surface area (Å²) >= 11 is 4.17. The Kier molecular flexibility index (Phi) is 9.02. The van der Waals surface area contributed by atoms with E-state index in [0.717, 1.165) is 48.8 Å². The summed E-state index contributed by atoms with van der Waals surface area (Å²) in [6, 6.07) is 40.7. The van der Waals surface area contributed by atoms with Crippen LogP contribution in [0.1, 0.15) is 91.2 Å². The van der Waals surface area contributed by atoms with Crippen molar-refractivity contribution in [2.24, 2.45) is 10.8 Å². The third kappa shape index (κ3) is 6.52. The van der Waals surface area contributed by atoms with Gasteiger partial charge in [0.05, 0.1) is 15.5 Å². The highest BCUT2D eigenvalue weighted by Crippen LogP contribution is 2.51. The van der Waals surface area contributed by atoms with Crippen molar-refractivity contribution in [3.05, 3.63) is 136 Å². The molecule has 48 heavy (non-hydrogen) atoms. The fourth-order valence-corrected chi connectivity index (χ4v) is 7.46. The lowest BCUT2D eigenvalue weighted by atomic mass is 9.84. The Morgan fingerprint density at radius 1 is 0.562 bits per heavy atom. The van der Waals surface area contributed by atoms with Crippen molar-refractivity contribution >= 4 is 37.7 Å². The van der Waals surface area contributed by atoms with E-state index in [2.05, 4.69) is 198 Å². The highest BCUT2D eigenvalue weighted by Gasteiger charge is 2.35. The summed E-state index contributed by atoms with van der Waals surface area (Å²) in [5.74, 6) is 1.42. The first-order valence-electron chi connectivity index (χ1n) is 16.9. The van der Waals surface area contributed by atoms with Crippen LogP contribution in [0.15, 0.2) is 120 Å². The van der Waals surface area contributed by atoms with E-state index in [0.29, 0.717) is 5.75 Å². The largest absolute Gasteiger partial charge is 0.481 e. The van der Waals surface area contributed by atoms with Crippen LogP contribution in [0.25, 0.3) is 27.5 Å². The van der Waals surface area contributed by atoms with E-state index in [9.17, 15) is 0 Å². The van der Waals surface area contributed by atoms with Crippen molar-refractivity contribution in [3.8, 4) is 17.2 Å². The molecular formula is C44H48BrNO2. The van der Waals surface area contributed by atoms with E-state index in [1.807, 2.05) is 0 Å². The minimum Gasteiger partial charge on any atom is -0.481 e. The van der Waals surface area contributed by atoms with Crippen molar-refractivity contribution in [1.29, 1.82) is 0 Å². The highest BCUT2D eigenvalue weighted by molar-refractivity contribution is 9.10. The Hall–Kier alpha value is -4.02. The second kappa shape index (κ2) is 12.8. The lowest BCUT2D eigenvalue weighted by Gasteiger charge is -2.35. The van der Waals surface area contributed by atoms with Crippen LogP contribution in [0.5, 0.6) is 11.5 Å². The van der Waals surface area contributed by atoms with Gasteiger partial charge in [-0.3, -0.25) is 0 Å². The normalized spacial score (nSPS) is 13.9. The van der Waals surface area contributed by atoms with Crippen LogP contribution in [0.4, 0.5) is 0 Å². The minimum absolute atomic E-state index is 0.0661. The molecule has 6 aromatic rings. The lowest BCUT2D eigenvalue weighted by molar-refractivity contribution is 0.0606. The molecule has 0 radical (unpaired) electrons. The molecule has 0 aliphatic heterocycles. The van der Waals surface area contributed by atoms with Crippen molar-refractivity contribution in [2.45, 2.75) is 79.9 Å². The van der Waals surface area contributed by atoms with Crippen LogP contribution in [0.3, 0.4) is 0 Å². The average molecular weight is 703 g/mol. The van der Waals surface area contributed by atoms with Gasteiger partial charge in [0.25, 0.3) is 0 Å². The summed E-state index contributed by atoms with van der Waals surface area (Å²) in [5.41, 5.74) is 6.41. The summed E-state index contributed by atoms with van der Waals surface area (Å²) in [6.45, 7) is 20.2. The summed E-state index contributed by atoms with van der Waals surface area (Å²) < 4.78 is 17.8. The Bertz CT molecular complexity index is 2040. The van der Waals surface area contributed by atoms with Crippen molar-refractivity contribution in [3.63, 3.8) is 0 Å². The summed E-state index contributed by atoms with van der Waals surface area (Å²) in [5, 5.41) is 2.27. The zero-order valence-electron chi connectivity index (χ0n) is 29.8. The zero-order valence-corrected chi connectivity index (χ0v) is 31.4. The van der Waals surface area contributed by atoms with Crippen LogP contribution in [-0.4, -0.2) is 4.57 Å². The quantitative estimate of drug-likeness (QED) is 0.165. The Labute approximate surface area is 295 Å². The maximum Gasteiger partial charge on any atom is 0.178 e. The predicted molar refractivity (Wildman–Crippen MR) is 206 cm³/mol. The fraction of sp³-hybridized carbons (Fsp3) is 0.318. The van der Waals surface area contributed by atoms with Crippen LogP contribution < -0.4 is 9.47 Å². The fourth-order valence-electron chi connectivity index (χ4n) is 6.78. The van der Waals surface area contributed by atoms with Crippen molar-refractivity contribution in [2.75, 3.05) is 0 Å². The van der Waals surface area contributed by atoms with Crippen LogP contribution in [-0.2, 0) is 5.41 Å². The maximum absolute atomic E-state index is 7.28. The van der Waals surface area contributed by atoms with E-state index in [1.165, 1.54) is 5.56 Å². The smallest absolute Gasteiger partial charge is 0.178 e. The molecular weight excluding hydrogens is 654 g/mol. The summed E-state index contributed by atoms with van der Waals surface area (Å²) in [6.07, 6.45) is -0.454. The molecule has 2 unspecified atom stereocenters. The molecule has 0 N–H and O–H groups in total. The second-order valence-electron chi connectivity index (χ2n) is 16.1. The van der Waals surface area contributed by atoms with Gasteiger partial charge in [-0.15, -0.1) is 0 Å². The molecule has 4 heteroatoms. The van der Waals surface area contributed by atoms with Gasteiger partial charge < -0.3 is 14.0 Å². The van der Waals surface area contributed by atoms with Gasteiger partial charge in [0, 0.05) is 27.3 Å².